The van der Waals surface area contributed by atoms with E-state index in [9.17, 15) is 9.18 Å². The SMILES string of the molecule is Cc1nc(C)c(Cc2cccc(F)c2)c(N2CCN(C(=O)NC3CCCCC3)CC2)n1. The molecular weight excluding hydrogens is 393 g/mol. The third-order valence-electron chi connectivity index (χ3n) is 6.37. The first-order valence-electron chi connectivity index (χ1n) is 11.4. The number of urea groups is 1. The molecule has 1 saturated heterocycles. The van der Waals surface area contributed by atoms with Crippen molar-refractivity contribution >= 4 is 11.8 Å². The summed E-state index contributed by atoms with van der Waals surface area (Å²) in [6.07, 6.45) is 6.46. The Hall–Kier alpha value is -2.70. The van der Waals surface area contributed by atoms with Crippen molar-refractivity contribution in [1.29, 1.82) is 0 Å². The van der Waals surface area contributed by atoms with E-state index in [4.69, 9.17) is 4.98 Å². The van der Waals surface area contributed by atoms with Gasteiger partial charge in [0.2, 0.25) is 0 Å². The van der Waals surface area contributed by atoms with Crippen molar-refractivity contribution in [3.05, 3.63) is 52.7 Å². The molecule has 2 aromatic rings. The van der Waals surface area contributed by atoms with E-state index < -0.39 is 0 Å². The van der Waals surface area contributed by atoms with Crippen molar-refractivity contribution in [1.82, 2.24) is 20.2 Å². The Labute approximate surface area is 183 Å². The second kappa shape index (κ2) is 9.62. The van der Waals surface area contributed by atoms with Crippen molar-refractivity contribution in [3.8, 4) is 0 Å². The number of carbonyl (C=O) groups excluding carboxylic acids is 1. The molecule has 2 amide bonds. The van der Waals surface area contributed by atoms with Gasteiger partial charge in [-0.1, -0.05) is 31.4 Å². The maximum Gasteiger partial charge on any atom is 0.317 e. The van der Waals surface area contributed by atoms with Gasteiger partial charge in [0.15, 0.2) is 0 Å². The van der Waals surface area contributed by atoms with Gasteiger partial charge in [0, 0.05) is 49.9 Å². The van der Waals surface area contributed by atoms with Gasteiger partial charge in [-0.25, -0.2) is 19.2 Å². The van der Waals surface area contributed by atoms with E-state index in [2.05, 4.69) is 15.2 Å². The molecule has 166 valence electrons. The van der Waals surface area contributed by atoms with Crippen LogP contribution in [-0.4, -0.2) is 53.1 Å². The van der Waals surface area contributed by atoms with E-state index in [0.29, 0.717) is 25.6 Å². The van der Waals surface area contributed by atoms with Crippen LogP contribution in [0.15, 0.2) is 24.3 Å². The number of nitrogens with zero attached hydrogens (tertiary/aromatic N) is 4. The highest BCUT2D eigenvalue weighted by Crippen LogP contribution is 2.25. The molecule has 1 aromatic carbocycles. The lowest BCUT2D eigenvalue weighted by atomic mass is 9.96. The number of piperazine rings is 1. The zero-order chi connectivity index (χ0) is 21.8. The number of amides is 2. The molecule has 1 N–H and O–H groups in total. The topological polar surface area (TPSA) is 61.4 Å². The van der Waals surface area contributed by atoms with Crippen LogP contribution in [0.2, 0.25) is 0 Å². The number of aryl methyl sites for hydroxylation is 2. The Morgan fingerprint density at radius 3 is 2.55 bits per heavy atom. The number of benzene rings is 1. The average Bonchev–Trinajstić information content (AvgIpc) is 2.76. The van der Waals surface area contributed by atoms with Gasteiger partial charge in [0.05, 0.1) is 0 Å². The summed E-state index contributed by atoms with van der Waals surface area (Å²) in [6, 6.07) is 7.07. The third kappa shape index (κ3) is 5.32. The highest BCUT2D eigenvalue weighted by Gasteiger charge is 2.26. The smallest absolute Gasteiger partial charge is 0.317 e. The lowest BCUT2D eigenvalue weighted by Crippen LogP contribution is -2.54. The summed E-state index contributed by atoms with van der Waals surface area (Å²) in [5.74, 6) is 1.40. The Morgan fingerprint density at radius 2 is 1.84 bits per heavy atom. The highest BCUT2D eigenvalue weighted by atomic mass is 19.1. The van der Waals surface area contributed by atoms with Crippen molar-refractivity contribution in [3.63, 3.8) is 0 Å². The summed E-state index contributed by atoms with van der Waals surface area (Å²) in [5, 5.41) is 3.22. The molecule has 1 saturated carbocycles. The van der Waals surface area contributed by atoms with E-state index in [1.165, 1.54) is 25.3 Å². The molecule has 4 rings (SSSR count). The number of aromatic nitrogens is 2. The van der Waals surface area contributed by atoms with Crippen LogP contribution in [-0.2, 0) is 6.42 Å². The Balaban J connectivity index is 1.44. The van der Waals surface area contributed by atoms with Gasteiger partial charge >= 0.3 is 6.03 Å². The summed E-state index contributed by atoms with van der Waals surface area (Å²) in [4.78, 5) is 26.1. The third-order valence-corrected chi connectivity index (χ3v) is 6.37. The number of carbonyl (C=O) groups is 1. The predicted molar refractivity (Wildman–Crippen MR) is 120 cm³/mol. The van der Waals surface area contributed by atoms with Gasteiger partial charge in [-0.15, -0.1) is 0 Å². The minimum absolute atomic E-state index is 0.0570. The number of rotatable bonds is 4. The maximum absolute atomic E-state index is 13.7. The predicted octanol–water partition coefficient (Wildman–Crippen LogP) is 3.99. The van der Waals surface area contributed by atoms with Crippen LogP contribution in [0.25, 0.3) is 0 Å². The Kier molecular flexibility index (Phi) is 6.68. The zero-order valence-electron chi connectivity index (χ0n) is 18.5. The van der Waals surface area contributed by atoms with E-state index in [0.717, 1.165) is 54.4 Å². The molecule has 6 nitrogen and oxygen atoms in total. The van der Waals surface area contributed by atoms with Gasteiger partial charge in [0.1, 0.15) is 17.5 Å². The zero-order valence-corrected chi connectivity index (χ0v) is 18.5. The quantitative estimate of drug-likeness (QED) is 0.805. The molecule has 2 fully saturated rings. The van der Waals surface area contributed by atoms with E-state index >= 15 is 0 Å². The van der Waals surface area contributed by atoms with Crippen molar-refractivity contribution in [2.75, 3.05) is 31.1 Å². The largest absolute Gasteiger partial charge is 0.353 e. The van der Waals surface area contributed by atoms with Crippen molar-refractivity contribution in [2.24, 2.45) is 0 Å². The molecule has 1 aliphatic carbocycles. The Morgan fingerprint density at radius 1 is 1.10 bits per heavy atom. The molecule has 1 aromatic heterocycles. The summed E-state index contributed by atoms with van der Waals surface area (Å²) < 4.78 is 13.7. The standard InChI is InChI=1S/C24H32FN5O/c1-17-22(16-19-7-6-8-20(25)15-19)23(27-18(2)26-17)29-11-13-30(14-12-29)24(31)28-21-9-4-3-5-10-21/h6-8,15,21H,3-5,9-14,16H2,1-2H3,(H,28,31). The number of anilines is 1. The van der Waals surface area contributed by atoms with Crippen LogP contribution in [0, 0.1) is 19.7 Å². The average molecular weight is 426 g/mol. The van der Waals surface area contributed by atoms with Gasteiger partial charge in [-0.3, -0.25) is 0 Å². The lowest BCUT2D eigenvalue weighted by molar-refractivity contribution is 0.186. The van der Waals surface area contributed by atoms with Crippen molar-refractivity contribution < 1.29 is 9.18 Å². The van der Waals surface area contributed by atoms with Gasteiger partial charge in [-0.2, -0.15) is 0 Å². The Bertz CT molecular complexity index is 920. The highest BCUT2D eigenvalue weighted by molar-refractivity contribution is 5.75. The molecule has 2 heterocycles. The van der Waals surface area contributed by atoms with E-state index in [1.54, 1.807) is 12.1 Å². The van der Waals surface area contributed by atoms with Gasteiger partial charge in [0.25, 0.3) is 0 Å². The lowest BCUT2D eigenvalue weighted by Gasteiger charge is -2.37. The van der Waals surface area contributed by atoms with E-state index in [1.807, 2.05) is 24.8 Å². The van der Waals surface area contributed by atoms with Crippen LogP contribution in [0.3, 0.4) is 0 Å². The summed E-state index contributed by atoms with van der Waals surface area (Å²) in [6.45, 7) is 6.67. The molecule has 0 atom stereocenters. The molecule has 31 heavy (non-hydrogen) atoms. The first-order valence-corrected chi connectivity index (χ1v) is 11.4. The monoisotopic (exact) mass is 425 g/mol. The first-order chi connectivity index (χ1) is 15.0. The minimum atomic E-state index is -0.234. The van der Waals surface area contributed by atoms with E-state index in [-0.39, 0.29) is 11.8 Å². The molecule has 0 radical (unpaired) electrons. The van der Waals surface area contributed by atoms with Crippen LogP contribution >= 0.6 is 0 Å². The summed E-state index contributed by atoms with van der Waals surface area (Å²) in [5.41, 5.74) is 2.85. The van der Waals surface area contributed by atoms with Crippen LogP contribution in [0.5, 0.6) is 0 Å². The second-order valence-electron chi connectivity index (χ2n) is 8.72. The molecule has 7 heteroatoms. The van der Waals surface area contributed by atoms with Crippen LogP contribution in [0.4, 0.5) is 15.0 Å². The molecular formula is C24H32FN5O. The van der Waals surface area contributed by atoms with Gasteiger partial charge in [-0.05, 0) is 44.4 Å². The molecule has 0 bridgehead atoms. The summed E-state index contributed by atoms with van der Waals surface area (Å²) >= 11 is 0. The fraction of sp³-hybridized carbons (Fsp3) is 0.542. The normalized spacial score (nSPS) is 17.6. The second-order valence-corrected chi connectivity index (χ2v) is 8.72. The fourth-order valence-corrected chi connectivity index (χ4v) is 4.67. The number of halogens is 1. The molecule has 0 spiro atoms. The van der Waals surface area contributed by atoms with Crippen LogP contribution < -0.4 is 10.2 Å². The van der Waals surface area contributed by atoms with Crippen LogP contribution in [0.1, 0.15) is 54.7 Å². The van der Waals surface area contributed by atoms with Gasteiger partial charge < -0.3 is 15.1 Å². The molecule has 1 aliphatic heterocycles. The minimum Gasteiger partial charge on any atom is -0.353 e. The number of hydrogen-bond donors (Lipinski definition) is 1. The first kappa shape index (κ1) is 21.5. The number of hydrogen-bond acceptors (Lipinski definition) is 4. The van der Waals surface area contributed by atoms with Crippen molar-refractivity contribution in [2.45, 2.75) is 58.4 Å². The molecule has 0 unspecified atom stereocenters. The number of nitrogens with one attached hydrogen (secondary N) is 1. The maximum atomic E-state index is 13.7. The molecule has 2 aliphatic rings. The fourth-order valence-electron chi connectivity index (χ4n) is 4.67. The summed E-state index contributed by atoms with van der Waals surface area (Å²) in [7, 11) is 0.